The summed E-state index contributed by atoms with van der Waals surface area (Å²) in [6.07, 6.45) is 53.9. The van der Waals surface area contributed by atoms with Crippen LogP contribution in [0.1, 0.15) is 324 Å². The Labute approximate surface area is 399 Å². The van der Waals surface area contributed by atoms with Crippen molar-refractivity contribution in [1.29, 1.82) is 0 Å². The molecule has 0 saturated carbocycles. The Morgan fingerprint density at radius 3 is 0.766 bits per heavy atom. The maximum Gasteiger partial charge on any atom is 0.306 e. The molecule has 0 fully saturated rings. The average molecular weight is 906 g/mol. The molecule has 0 aliphatic carbocycles. The molecule has 0 radical (unpaired) electrons. The van der Waals surface area contributed by atoms with E-state index in [0.717, 1.165) is 69.6 Å². The fraction of sp³-hybridized carbons (Fsp3) is 0.948. The smallest absolute Gasteiger partial charge is 0.306 e. The topological polar surface area (TPSA) is 78.9 Å². The van der Waals surface area contributed by atoms with Crippen LogP contribution in [0.2, 0.25) is 0 Å². The van der Waals surface area contributed by atoms with Gasteiger partial charge in [0.25, 0.3) is 0 Å². The van der Waals surface area contributed by atoms with Gasteiger partial charge < -0.3 is 14.2 Å². The van der Waals surface area contributed by atoms with Crippen molar-refractivity contribution < 1.29 is 28.6 Å². The van der Waals surface area contributed by atoms with Crippen molar-refractivity contribution in [2.45, 2.75) is 330 Å². The van der Waals surface area contributed by atoms with E-state index in [4.69, 9.17) is 14.2 Å². The first-order valence-electron chi connectivity index (χ1n) is 28.7. The van der Waals surface area contributed by atoms with E-state index in [9.17, 15) is 14.4 Å². The van der Waals surface area contributed by atoms with Crippen molar-refractivity contribution >= 4 is 17.9 Å². The SMILES string of the molecule is CCCCCCCCCCCC(=O)OC[C@H](COC(=O)CCCCCCCCCCCCCCCCCC(C)C)OC(=O)CCCCCCCCCCCCCCCCCCC(C)C. The fourth-order valence-corrected chi connectivity index (χ4v) is 8.87. The van der Waals surface area contributed by atoms with Crippen molar-refractivity contribution in [3.63, 3.8) is 0 Å². The summed E-state index contributed by atoms with van der Waals surface area (Å²) in [6, 6.07) is 0. The number of hydrogen-bond donors (Lipinski definition) is 0. The fourth-order valence-electron chi connectivity index (χ4n) is 8.87. The maximum absolute atomic E-state index is 12.8. The summed E-state index contributed by atoms with van der Waals surface area (Å²) >= 11 is 0. The highest BCUT2D eigenvalue weighted by Crippen LogP contribution is 2.18. The molecule has 6 heteroatoms. The van der Waals surface area contributed by atoms with Crippen molar-refractivity contribution in [2.24, 2.45) is 11.8 Å². The summed E-state index contributed by atoms with van der Waals surface area (Å²) in [4.78, 5) is 38.0. The maximum atomic E-state index is 12.8. The number of rotatable bonds is 52. The van der Waals surface area contributed by atoms with Crippen molar-refractivity contribution in [2.75, 3.05) is 13.2 Å². The first kappa shape index (κ1) is 62.4. The number of hydrogen-bond acceptors (Lipinski definition) is 6. The Morgan fingerprint density at radius 2 is 0.516 bits per heavy atom. The van der Waals surface area contributed by atoms with E-state index >= 15 is 0 Å². The molecule has 0 bridgehead atoms. The zero-order valence-electron chi connectivity index (χ0n) is 43.9. The monoisotopic (exact) mass is 905 g/mol. The standard InChI is InChI=1S/C58H112O6/c1-6-7-8-9-10-26-33-38-43-48-56(59)62-51-55(52-63-57(60)49-44-39-34-29-24-20-17-13-15-19-23-28-32-37-42-47-54(4)5)64-58(61)50-45-40-35-30-25-21-16-12-11-14-18-22-27-31-36-41-46-53(2)3/h53-55H,6-52H2,1-5H3/t55-/m1/s1. The molecule has 6 nitrogen and oxygen atoms in total. The van der Waals surface area contributed by atoms with Crippen LogP contribution in [0.5, 0.6) is 0 Å². The van der Waals surface area contributed by atoms with E-state index in [2.05, 4.69) is 34.6 Å². The number of carbonyl (C=O) groups is 3. The second-order valence-electron chi connectivity index (χ2n) is 20.9. The van der Waals surface area contributed by atoms with E-state index in [1.165, 1.54) is 212 Å². The Kier molecular flexibility index (Phi) is 49.6. The lowest BCUT2D eigenvalue weighted by atomic mass is 10.0. The minimum Gasteiger partial charge on any atom is -0.462 e. The van der Waals surface area contributed by atoms with Gasteiger partial charge in [0.15, 0.2) is 6.10 Å². The van der Waals surface area contributed by atoms with Gasteiger partial charge in [0.2, 0.25) is 0 Å². The molecule has 64 heavy (non-hydrogen) atoms. The molecule has 0 rings (SSSR count). The van der Waals surface area contributed by atoms with E-state index in [1.807, 2.05) is 0 Å². The van der Waals surface area contributed by atoms with Crippen LogP contribution in [-0.4, -0.2) is 37.2 Å². The Hall–Kier alpha value is -1.59. The lowest BCUT2D eigenvalue weighted by molar-refractivity contribution is -0.167. The molecule has 0 saturated heterocycles. The summed E-state index contributed by atoms with van der Waals surface area (Å²) < 4.78 is 16.8. The van der Waals surface area contributed by atoms with Crippen LogP contribution in [-0.2, 0) is 28.6 Å². The van der Waals surface area contributed by atoms with Gasteiger partial charge in [-0.05, 0) is 31.1 Å². The molecule has 1 atom stereocenters. The molecular weight excluding hydrogens is 793 g/mol. The summed E-state index contributed by atoms with van der Waals surface area (Å²) in [6.45, 7) is 11.4. The van der Waals surface area contributed by atoms with Gasteiger partial charge in [0.05, 0.1) is 0 Å². The predicted octanol–water partition coefficient (Wildman–Crippen LogP) is 18.9. The number of esters is 3. The minimum absolute atomic E-state index is 0.0627. The third kappa shape index (κ3) is 51.4. The third-order valence-corrected chi connectivity index (χ3v) is 13.2. The molecule has 0 amide bonds. The van der Waals surface area contributed by atoms with E-state index in [1.54, 1.807) is 0 Å². The second kappa shape index (κ2) is 50.8. The van der Waals surface area contributed by atoms with Crippen molar-refractivity contribution in [1.82, 2.24) is 0 Å². The van der Waals surface area contributed by atoms with Gasteiger partial charge in [-0.25, -0.2) is 0 Å². The summed E-state index contributed by atoms with van der Waals surface area (Å²) in [5.74, 6) is 0.859. The highest BCUT2D eigenvalue weighted by molar-refractivity contribution is 5.71. The molecule has 0 aliphatic rings. The van der Waals surface area contributed by atoms with Crippen molar-refractivity contribution in [3.05, 3.63) is 0 Å². The van der Waals surface area contributed by atoms with Gasteiger partial charge in [-0.3, -0.25) is 14.4 Å². The average Bonchev–Trinajstić information content (AvgIpc) is 3.27. The van der Waals surface area contributed by atoms with Crippen LogP contribution in [0.3, 0.4) is 0 Å². The molecule has 0 aliphatic heterocycles. The van der Waals surface area contributed by atoms with Gasteiger partial charge in [-0.1, -0.05) is 285 Å². The Balaban J connectivity index is 4.21. The Bertz CT molecular complexity index is 978. The molecule has 0 aromatic rings. The largest absolute Gasteiger partial charge is 0.462 e. The second-order valence-corrected chi connectivity index (χ2v) is 20.9. The Morgan fingerprint density at radius 1 is 0.297 bits per heavy atom. The van der Waals surface area contributed by atoms with Gasteiger partial charge in [-0.2, -0.15) is 0 Å². The summed E-state index contributed by atoms with van der Waals surface area (Å²) in [5, 5.41) is 0. The van der Waals surface area contributed by atoms with E-state index < -0.39 is 6.10 Å². The highest BCUT2D eigenvalue weighted by atomic mass is 16.6. The minimum atomic E-state index is -0.761. The quantitative estimate of drug-likeness (QED) is 0.0344. The molecule has 0 N–H and O–H groups in total. The first-order chi connectivity index (χ1) is 31.2. The van der Waals surface area contributed by atoms with Gasteiger partial charge in [0, 0.05) is 19.3 Å². The zero-order valence-corrected chi connectivity index (χ0v) is 43.9. The van der Waals surface area contributed by atoms with Gasteiger partial charge in [0.1, 0.15) is 13.2 Å². The summed E-state index contributed by atoms with van der Waals surface area (Å²) in [5.41, 5.74) is 0. The molecular formula is C58H112O6. The summed E-state index contributed by atoms with van der Waals surface area (Å²) in [7, 11) is 0. The first-order valence-corrected chi connectivity index (χ1v) is 28.7. The van der Waals surface area contributed by atoms with Crippen LogP contribution in [0, 0.1) is 11.8 Å². The predicted molar refractivity (Wildman–Crippen MR) is 275 cm³/mol. The van der Waals surface area contributed by atoms with Crippen LogP contribution in [0.4, 0.5) is 0 Å². The molecule has 0 unspecified atom stereocenters. The van der Waals surface area contributed by atoms with Crippen LogP contribution < -0.4 is 0 Å². The zero-order chi connectivity index (χ0) is 46.8. The van der Waals surface area contributed by atoms with Crippen molar-refractivity contribution in [3.8, 4) is 0 Å². The molecule has 0 heterocycles. The highest BCUT2D eigenvalue weighted by Gasteiger charge is 2.19. The van der Waals surface area contributed by atoms with Crippen LogP contribution in [0.25, 0.3) is 0 Å². The normalized spacial score (nSPS) is 12.0. The van der Waals surface area contributed by atoms with E-state index in [0.29, 0.717) is 19.3 Å². The number of ether oxygens (including phenoxy) is 3. The lowest BCUT2D eigenvalue weighted by Gasteiger charge is -2.18. The third-order valence-electron chi connectivity index (χ3n) is 13.2. The molecule has 0 aromatic heterocycles. The van der Waals surface area contributed by atoms with Crippen LogP contribution >= 0.6 is 0 Å². The molecule has 0 spiro atoms. The lowest BCUT2D eigenvalue weighted by Crippen LogP contribution is -2.30. The van der Waals surface area contributed by atoms with Gasteiger partial charge in [-0.15, -0.1) is 0 Å². The molecule has 0 aromatic carbocycles. The van der Waals surface area contributed by atoms with Crippen LogP contribution in [0.15, 0.2) is 0 Å². The number of carbonyl (C=O) groups excluding carboxylic acids is 3. The number of unbranched alkanes of at least 4 members (excludes halogenated alkanes) is 37. The molecule has 380 valence electrons. The van der Waals surface area contributed by atoms with E-state index in [-0.39, 0.29) is 31.1 Å². The van der Waals surface area contributed by atoms with Gasteiger partial charge >= 0.3 is 17.9 Å².